The Morgan fingerprint density at radius 2 is 2.16 bits per heavy atom. The van der Waals surface area contributed by atoms with Crippen molar-refractivity contribution in [1.82, 2.24) is 0 Å². The smallest absolute Gasteiger partial charge is 0.293 e. The summed E-state index contributed by atoms with van der Waals surface area (Å²) in [5.41, 5.74) is 3.17. The highest BCUT2D eigenvalue weighted by Gasteiger charge is 2.13. The Kier molecular flexibility index (Phi) is 5.58. The van der Waals surface area contributed by atoms with Gasteiger partial charge in [0.2, 0.25) is 0 Å². The lowest BCUT2D eigenvalue weighted by atomic mass is 10.2. The first kappa shape index (κ1) is 15.7. The normalized spacial score (nSPS) is 11.3. The fourth-order valence-corrected chi connectivity index (χ4v) is 3.58. The summed E-state index contributed by atoms with van der Waals surface area (Å²) < 4.78 is 21.9. The molecule has 0 aromatic heterocycles. The van der Waals surface area contributed by atoms with Crippen LogP contribution in [0, 0.1) is 10.1 Å². The van der Waals surface area contributed by atoms with Crippen LogP contribution in [-0.2, 0) is 15.6 Å². The number of hydrogen-bond donors (Lipinski definition) is 2. The topological polar surface area (TPSA) is 115 Å². The Balaban J connectivity index is 2.65. The maximum atomic E-state index is 10.9. The van der Waals surface area contributed by atoms with Gasteiger partial charge in [0, 0.05) is 23.8 Å². The first-order chi connectivity index (χ1) is 8.83. The average molecular weight is 305 g/mol. The zero-order chi connectivity index (χ0) is 14.5. The number of nitrogens with one attached hydrogen (secondary N) is 1. The molecule has 1 aromatic carbocycles. The van der Waals surface area contributed by atoms with Crippen LogP contribution in [0.1, 0.15) is 5.56 Å². The number of nitrogen functional groups attached to an aromatic ring is 1. The van der Waals surface area contributed by atoms with Crippen LogP contribution in [-0.4, -0.2) is 31.1 Å². The molecule has 9 heteroatoms. The highest BCUT2D eigenvalue weighted by Crippen LogP contribution is 2.26. The molecule has 19 heavy (non-hydrogen) atoms. The van der Waals surface area contributed by atoms with Gasteiger partial charge in [-0.15, -0.1) is 0 Å². The third-order valence-electron chi connectivity index (χ3n) is 2.28. The van der Waals surface area contributed by atoms with Gasteiger partial charge in [0.1, 0.15) is 15.5 Å². The molecule has 0 spiro atoms. The van der Waals surface area contributed by atoms with Crippen molar-refractivity contribution < 1.29 is 13.3 Å². The van der Waals surface area contributed by atoms with E-state index in [4.69, 9.17) is 5.84 Å². The number of benzene rings is 1. The molecule has 0 radical (unpaired) electrons. The second kappa shape index (κ2) is 6.73. The maximum absolute atomic E-state index is 10.9. The number of nitro benzene ring substituents is 1. The van der Waals surface area contributed by atoms with E-state index in [0.717, 1.165) is 5.56 Å². The van der Waals surface area contributed by atoms with Gasteiger partial charge in [0.05, 0.1) is 10.7 Å². The first-order valence-corrected chi connectivity index (χ1v) is 8.54. The van der Waals surface area contributed by atoms with Crippen LogP contribution >= 0.6 is 11.8 Å². The fourth-order valence-electron chi connectivity index (χ4n) is 1.34. The molecule has 0 saturated heterocycles. The monoisotopic (exact) mass is 305 g/mol. The molecule has 0 unspecified atom stereocenters. The van der Waals surface area contributed by atoms with Crippen molar-refractivity contribution in [2.45, 2.75) is 5.75 Å². The summed E-state index contributed by atoms with van der Waals surface area (Å²) >= 11 is 1.41. The minimum Gasteiger partial charge on any atom is -0.318 e. The number of hydrogen-bond acceptors (Lipinski definition) is 7. The molecule has 0 aliphatic rings. The van der Waals surface area contributed by atoms with Crippen LogP contribution in [0.3, 0.4) is 0 Å². The van der Waals surface area contributed by atoms with E-state index in [1.807, 2.05) is 0 Å². The maximum Gasteiger partial charge on any atom is 0.293 e. The Morgan fingerprint density at radius 1 is 1.47 bits per heavy atom. The van der Waals surface area contributed by atoms with E-state index in [1.165, 1.54) is 30.2 Å². The number of nitro groups is 1. The van der Waals surface area contributed by atoms with Gasteiger partial charge in [-0.05, 0) is 11.6 Å². The van der Waals surface area contributed by atoms with Gasteiger partial charge in [-0.2, -0.15) is 11.8 Å². The quantitative estimate of drug-likeness (QED) is 0.336. The lowest BCUT2D eigenvalue weighted by Crippen LogP contribution is -2.09. The molecule has 1 aromatic rings. The van der Waals surface area contributed by atoms with Crippen molar-refractivity contribution in [3.63, 3.8) is 0 Å². The van der Waals surface area contributed by atoms with E-state index in [1.54, 1.807) is 6.07 Å². The van der Waals surface area contributed by atoms with Gasteiger partial charge in [-0.3, -0.25) is 16.0 Å². The van der Waals surface area contributed by atoms with Gasteiger partial charge in [-0.25, -0.2) is 8.42 Å². The van der Waals surface area contributed by atoms with Gasteiger partial charge < -0.3 is 5.43 Å². The standard InChI is InChI=1S/C10H15N3O4S2/c1-19(16,17)5-4-18-7-8-2-3-9(12-11)10(6-8)13(14)15/h2-3,6,12H,4-5,7,11H2,1H3. The van der Waals surface area contributed by atoms with E-state index < -0.39 is 14.8 Å². The van der Waals surface area contributed by atoms with Crippen molar-refractivity contribution >= 4 is 33.0 Å². The zero-order valence-electron chi connectivity index (χ0n) is 10.3. The summed E-state index contributed by atoms with van der Waals surface area (Å²) in [6.07, 6.45) is 1.18. The van der Waals surface area contributed by atoms with Crippen LogP contribution in [0.25, 0.3) is 0 Å². The predicted molar refractivity (Wildman–Crippen MR) is 76.8 cm³/mol. The Morgan fingerprint density at radius 3 is 2.68 bits per heavy atom. The molecular formula is C10H15N3O4S2. The third kappa shape index (κ3) is 5.45. The number of nitrogens with two attached hydrogens (primary N) is 1. The van der Waals surface area contributed by atoms with Gasteiger partial charge in [0.25, 0.3) is 5.69 Å². The zero-order valence-corrected chi connectivity index (χ0v) is 12.0. The second-order valence-corrected chi connectivity index (χ2v) is 7.30. The molecule has 0 bridgehead atoms. The molecule has 0 aliphatic carbocycles. The number of nitrogens with zero attached hydrogens (tertiary/aromatic N) is 1. The highest BCUT2D eigenvalue weighted by atomic mass is 32.2. The SMILES string of the molecule is CS(=O)(=O)CCSCc1ccc(NN)c([N+](=O)[O-])c1. The van der Waals surface area contributed by atoms with E-state index in [-0.39, 0.29) is 17.1 Å². The molecule has 1 rings (SSSR count). The molecule has 0 heterocycles. The van der Waals surface area contributed by atoms with E-state index in [2.05, 4.69) is 5.43 Å². The van der Waals surface area contributed by atoms with Crippen LogP contribution < -0.4 is 11.3 Å². The lowest BCUT2D eigenvalue weighted by Gasteiger charge is -2.05. The molecule has 0 aliphatic heterocycles. The molecule has 0 saturated carbocycles. The Bertz CT molecular complexity index is 560. The molecule has 3 N–H and O–H groups in total. The van der Waals surface area contributed by atoms with Crippen LogP contribution in [0.5, 0.6) is 0 Å². The summed E-state index contributed by atoms with van der Waals surface area (Å²) in [5, 5.41) is 10.8. The first-order valence-electron chi connectivity index (χ1n) is 5.33. The molecule has 0 amide bonds. The van der Waals surface area contributed by atoms with Gasteiger partial charge in [-0.1, -0.05) is 6.07 Å². The van der Waals surface area contributed by atoms with Crippen molar-refractivity contribution in [2.75, 3.05) is 23.2 Å². The third-order valence-corrected chi connectivity index (χ3v) is 4.52. The number of thioether (sulfide) groups is 1. The van der Waals surface area contributed by atoms with Crippen molar-refractivity contribution in [1.29, 1.82) is 0 Å². The minimum absolute atomic E-state index is 0.0938. The summed E-state index contributed by atoms with van der Waals surface area (Å²) in [4.78, 5) is 10.3. The Labute approximate surface area is 115 Å². The number of anilines is 1. The molecule has 0 atom stereocenters. The van der Waals surface area contributed by atoms with Gasteiger partial charge in [0.15, 0.2) is 0 Å². The fraction of sp³-hybridized carbons (Fsp3) is 0.400. The largest absolute Gasteiger partial charge is 0.318 e. The summed E-state index contributed by atoms with van der Waals surface area (Å²) in [6.45, 7) is 0. The highest BCUT2D eigenvalue weighted by molar-refractivity contribution is 7.99. The number of rotatable bonds is 7. The molecule has 7 nitrogen and oxygen atoms in total. The van der Waals surface area contributed by atoms with E-state index in [0.29, 0.717) is 11.5 Å². The van der Waals surface area contributed by atoms with Crippen molar-refractivity contribution in [2.24, 2.45) is 5.84 Å². The summed E-state index contributed by atoms with van der Waals surface area (Å²) in [5.74, 6) is 6.26. The Hall–Kier alpha value is -1.32. The lowest BCUT2D eigenvalue weighted by molar-refractivity contribution is -0.384. The van der Waals surface area contributed by atoms with E-state index >= 15 is 0 Å². The van der Waals surface area contributed by atoms with Crippen LogP contribution in [0.2, 0.25) is 0 Å². The number of hydrazine groups is 1. The van der Waals surface area contributed by atoms with Crippen LogP contribution in [0.15, 0.2) is 18.2 Å². The molecular weight excluding hydrogens is 290 g/mol. The average Bonchev–Trinajstić information content (AvgIpc) is 2.33. The number of sulfone groups is 1. The molecule has 0 fully saturated rings. The summed E-state index contributed by atoms with van der Waals surface area (Å²) in [7, 11) is -2.97. The predicted octanol–water partition coefficient (Wildman–Crippen LogP) is 1.16. The second-order valence-electron chi connectivity index (χ2n) is 3.94. The minimum atomic E-state index is -2.97. The van der Waals surface area contributed by atoms with Crippen LogP contribution in [0.4, 0.5) is 11.4 Å². The van der Waals surface area contributed by atoms with Crippen molar-refractivity contribution in [3.8, 4) is 0 Å². The summed E-state index contributed by atoms with van der Waals surface area (Å²) in [6, 6.07) is 4.68. The van der Waals surface area contributed by atoms with Gasteiger partial charge >= 0.3 is 0 Å². The van der Waals surface area contributed by atoms with E-state index in [9.17, 15) is 18.5 Å². The van der Waals surface area contributed by atoms with Crippen molar-refractivity contribution in [3.05, 3.63) is 33.9 Å². The molecule has 106 valence electrons.